The van der Waals surface area contributed by atoms with Crippen LogP contribution < -0.4 is 25.4 Å². The molecular weight excluding hydrogens is 521 g/mol. The minimum atomic E-state index is -2.95. The second-order valence-electron chi connectivity index (χ2n) is 6.95. The van der Waals surface area contributed by atoms with Gasteiger partial charge in [0.2, 0.25) is 5.91 Å². The van der Waals surface area contributed by atoms with Gasteiger partial charge in [0.1, 0.15) is 0 Å². The van der Waals surface area contributed by atoms with Gasteiger partial charge in [-0.05, 0) is 39.2 Å². The Morgan fingerprint density at radius 1 is 1.19 bits per heavy atom. The number of carbonyl (C=O) groups is 1. The molecule has 0 bridgehead atoms. The van der Waals surface area contributed by atoms with Gasteiger partial charge in [0.05, 0.1) is 13.2 Å². The average molecular weight is 554 g/mol. The van der Waals surface area contributed by atoms with Crippen LogP contribution in [0.3, 0.4) is 0 Å². The van der Waals surface area contributed by atoms with Gasteiger partial charge in [-0.1, -0.05) is 18.6 Å². The van der Waals surface area contributed by atoms with Gasteiger partial charge in [-0.25, -0.2) is 4.99 Å². The van der Waals surface area contributed by atoms with Crippen molar-refractivity contribution in [2.45, 2.75) is 52.7 Å². The van der Waals surface area contributed by atoms with Gasteiger partial charge < -0.3 is 25.4 Å². The van der Waals surface area contributed by atoms with Crippen LogP contribution in [0.5, 0.6) is 11.5 Å². The second kappa shape index (κ2) is 15.0. The highest BCUT2D eigenvalue weighted by atomic mass is 127. The zero-order chi connectivity index (χ0) is 21.8. The summed E-state index contributed by atoms with van der Waals surface area (Å²) in [6, 6.07) is 5.00. The molecule has 7 nitrogen and oxygen atoms in total. The van der Waals surface area contributed by atoms with E-state index in [2.05, 4.69) is 25.7 Å². The third-order valence-electron chi connectivity index (χ3n) is 4.74. The summed E-state index contributed by atoms with van der Waals surface area (Å²) in [5.74, 6) is 1.17. The lowest BCUT2D eigenvalue weighted by atomic mass is 9.85. The summed E-state index contributed by atoms with van der Waals surface area (Å²) in [7, 11) is 0. The average Bonchev–Trinajstić information content (AvgIpc) is 2.66. The molecule has 0 aliphatic heterocycles. The van der Waals surface area contributed by atoms with E-state index >= 15 is 0 Å². The van der Waals surface area contributed by atoms with Crippen molar-refractivity contribution in [2.24, 2.45) is 10.9 Å². The number of benzene rings is 1. The molecular formula is C21H33F2IN4O3. The third kappa shape index (κ3) is 9.44. The van der Waals surface area contributed by atoms with Crippen molar-refractivity contribution < 1.29 is 23.0 Å². The summed E-state index contributed by atoms with van der Waals surface area (Å²) in [4.78, 5) is 16.3. The van der Waals surface area contributed by atoms with Gasteiger partial charge in [0.15, 0.2) is 17.5 Å². The molecule has 0 aromatic heterocycles. The molecule has 1 saturated carbocycles. The molecule has 0 spiro atoms. The second-order valence-corrected chi connectivity index (χ2v) is 6.95. The van der Waals surface area contributed by atoms with Gasteiger partial charge in [-0.2, -0.15) is 8.78 Å². The lowest BCUT2D eigenvalue weighted by Gasteiger charge is -2.24. The zero-order valence-corrected chi connectivity index (χ0v) is 20.4. The van der Waals surface area contributed by atoms with Crippen LogP contribution in [0.1, 0.15) is 45.1 Å². The first-order valence-electron chi connectivity index (χ1n) is 10.5. The van der Waals surface area contributed by atoms with Crippen molar-refractivity contribution in [3.63, 3.8) is 0 Å². The first-order valence-corrected chi connectivity index (χ1v) is 10.5. The molecule has 10 heteroatoms. The molecule has 1 fully saturated rings. The van der Waals surface area contributed by atoms with E-state index in [0.717, 1.165) is 25.7 Å². The van der Waals surface area contributed by atoms with Gasteiger partial charge in [-0.3, -0.25) is 4.79 Å². The highest BCUT2D eigenvalue weighted by Gasteiger charge is 2.24. The first-order chi connectivity index (χ1) is 14.5. The number of ether oxygens (including phenoxy) is 2. The number of amides is 1. The molecule has 2 rings (SSSR count). The van der Waals surface area contributed by atoms with E-state index < -0.39 is 6.61 Å². The quantitative estimate of drug-likeness (QED) is 0.159. The van der Waals surface area contributed by atoms with Crippen molar-refractivity contribution in [1.29, 1.82) is 0 Å². The van der Waals surface area contributed by atoms with E-state index in [1.807, 2.05) is 6.92 Å². The molecule has 0 unspecified atom stereocenters. The Hall–Kier alpha value is -1.85. The van der Waals surface area contributed by atoms with Gasteiger partial charge >= 0.3 is 6.61 Å². The number of aliphatic imine (C=N–C) groups is 1. The van der Waals surface area contributed by atoms with Gasteiger partial charge in [-0.15, -0.1) is 24.0 Å². The third-order valence-corrected chi connectivity index (χ3v) is 4.74. The number of nitrogens with zero attached hydrogens (tertiary/aromatic N) is 1. The molecule has 0 saturated heterocycles. The monoisotopic (exact) mass is 554 g/mol. The normalized spacial score (nSPS) is 13.8. The van der Waals surface area contributed by atoms with Gasteiger partial charge in [0.25, 0.3) is 0 Å². The Kier molecular flexibility index (Phi) is 13.2. The van der Waals surface area contributed by atoms with E-state index in [9.17, 15) is 13.6 Å². The van der Waals surface area contributed by atoms with E-state index in [1.54, 1.807) is 25.1 Å². The van der Waals surface area contributed by atoms with Crippen molar-refractivity contribution in [3.8, 4) is 11.5 Å². The molecule has 3 N–H and O–H groups in total. The van der Waals surface area contributed by atoms with Crippen LogP contribution in [0.2, 0.25) is 0 Å². The summed E-state index contributed by atoms with van der Waals surface area (Å²) < 4.78 is 35.8. The van der Waals surface area contributed by atoms with Crippen LogP contribution in [0.15, 0.2) is 23.2 Å². The maximum Gasteiger partial charge on any atom is 0.387 e. The number of alkyl halides is 2. The summed E-state index contributed by atoms with van der Waals surface area (Å²) >= 11 is 0. The van der Waals surface area contributed by atoms with E-state index in [-0.39, 0.29) is 53.8 Å². The minimum absolute atomic E-state index is 0. The molecule has 1 aromatic rings. The maximum atomic E-state index is 12.8. The number of guanidine groups is 1. The maximum absolute atomic E-state index is 12.8. The topological polar surface area (TPSA) is 84.0 Å². The largest absolute Gasteiger partial charge is 0.490 e. The molecule has 1 amide bonds. The molecule has 176 valence electrons. The van der Waals surface area contributed by atoms with Crippen molar-refractivity contribution in [2.75, 3.05) is 26.2 Å². The Morgan fingerprint density at radius 2 is 1.94 bits per heavy atom. The molecule has 0 atom stereocenters. The standard InChI is InChI=1S/C21H32F2N4O3.HI/c1-3-24-21(26-13-7-12-25-19(28)15-8-5-9-15)27-14-16-10-6-11-17(29-4-2)18(16)30-20(22)23;/h6,10-11,15,20H,3-5,7-9,12-14H2,1-2H3,(H,25,28)(H2,24,26,27);1H. The van der Waals surface area contributed by atoms with Crippen molar-refractivity contribution in [3.05, 3.63) is 23.8 Å². The molecule has 1 aliphatic rings. The Labute approximate surface area is 199 Å². The van der Waals surface area contributed by atoms with Crippen LogP contribution in [0.25, 0.3) is 0 Å². The first kappa shape index (κ1) is 27.2. The smallest absolute Gasteiger partial charge is 0.387 e. The fourth-order valence-electron chi connectivity index (χ4n) is 3.01. The molecule has 0 heterocycles. The van der Waals surface area contributed by atoms with Crippen LogP contribution in [-0.2, 0) is 11.3 Å². The van der Waals surface area contributed by atoms with Crippen LogP contribution in [0.4, 0.5) is 8.78 Å². The molecule has 0 radical (unpaired) electrons. The Bertz CT molecular complexity index is 703. The number of rotatable bonds is 12. The highest BCUT2D eigenvalue weighted by Crippen LogP contribution is 2.33. The van der Waals surface area contributed by atoms with Crippen molar-refractivity contribution >= 4 is 35.8 Å². The van der Waals surface area contributed by atoms with Crippen LogP contribution >= 0.6 is 24.0 Å². The van der Waals surface area contributed by atoms with E-state index in [1.165, 1.54) is 0 Å². The van der Waals surface area contributed by atoms with E-state index in [0.29, 0.717) is 37.8 Å². The fourth-order valence-corrected chi connectivity index (χ4v) is 3.01. The van der Waals surface area contributed by atoms with Crippen LogP contribution in [0, 0.1) is 5.92 Å². The Balaban J connectivity index is 0.00000480. The van der Waals surface area contributed by atoms with E-state index in [4.69, 9.17) is 4.74 Å². The summed E-state index contributed by atoms with van der Waals surface area (Å²) in [5, 5.41) is 9.26. The molecule has 1 aliphatic carbocycles. The molecule has 1 aromatic carbocycles. The number of para-hydroxylation sites is 1. The highest BCUT2D eigenvalue weighted by molar-refractivity contribution is 14.0. The summed E-state index contributed by atoms with van der Waals surface area (Å²) in [6.07, 6.45) is 3.87. The Morgan fingerprint density at radius 3 is 2.55 bits per heavy atom. The predicted molar refractivity (Wildman–Crippen MR) is 127 cm³/mol. The zero-order valence-electron chi connectivity index (χ0n) is 18.1. The van der Waals surface area contributed by atoms with Crippen molar-refractivity contribution in [1.82, 2.24) is 16.0 Å². The predicted octanol–water partition coefficient (Wildman–Crippen LogP) is 3.67. The van der Waals surface area contributed by atoms with Crippen LogP contribution in [-0.4, -0.2) is 44.7 Å². The number of nitrogens with one attached hydrogen (secondary N) is 3. The van der Waals surface area contributed by atoms with Gasteiger partial charge in [0, 0.05) is 31.1 Å². The number of hydrogen-bond donors (Lipinski definition) is 3. The summed E-state index contributed by atoms with van der Waals surface area (Å²) in [6.45, 7) is 3.14. The summed E-state index contributed by atoms with van der Waals surface area (Å²) in [5.41, 5.74) is 0.506. The lowest BCUT2D eigenvalue weighted by molar-refractivity contribution is -0.127. The number of carbonyl (C=O) groups excluding carboxylic acids is 1. The number of halogens is 3. The SMILES string of the molecule is CCNC(=NCc1cccc(OCC)c1OC(F)F)NCCCNC(=O)C1CCC1.I. The minimum Gasteiger partial charge on any atom is -0.490 e. The lowest BCUT2D eigenvalue weighted by Crippen LogP contribution is -2.39. The fraction of sp³-hybridized carbons (Fsp3) is 0.619. The molecule has 31 heavy (non-hydrogen) atoms. The number of hydrogen-bond acceptors (Lipinski definition) is 4.